The molecule has 0 atom stereocenters. The highest BCUT2D eigenvalue weighted by Gasteiger charge is 2.27. The van der Waals surface area contributed by atoms with Crippen molar-refractivity contribution in [3.8, 4) is 0 Å². The topological polar surface area (TPSA) is 66.4 Å². The Morgan fingerprint density at radius 3 is 2.29 bits per heavy atom. The van der Waals surface area contributed by atoms with Crippen molar-refractivity contribution in [2.24, 2.45) is 0 Å². The van der Waals surface area contributed by atoms with Crippen molar-refractivity contribution < 1.29 is 8.42 Å². The van der Waals surface area contributed by atoms with E-state index >= 15 is 0 Å². The quantitative estimate of drug-likeness (QED) is 0.363. The van der Waals surface area contributed by atoms with Crippen molar-refractivity contribution in [2.45, 2.75) is 85.5 Å². The second-order valence-corrected chi connectivity index (χ2v) is 11.9. The molecule has 0 amide bonds. The SMILES string of the molecule is CCCCCCCCS(=O)(=O)N1CCCN(c2nc(C)nc(CC)c2Cc2ccc(C)cc2)CC1. The van der Waals surface area contributed by atoms with E-state index in [4.69, 9.17) is 9.97 Å². The Bertz CT molecular complexity index is 1040. The van der Waals surface area contributed by atoms with Gasteiger partial charge in [-0.05, 0) is 38.7 Å². The highest BCUT2D eigenvalue weighted by atomic mass is 32.2. The molecule has 1 fully saturated rings. The van der Waals surface area contributed by atoms with Gasteiger partial charge in [-0.2, -0.15) is 0 Å². The van der Waals surface area contributed by atoms with Crippen LogP contribution in [0.15, 0.2) is 24.3 Å². The van der Waals surface area contributed by atoms with E-state index in [1.807, 2.05) is 6.92 Å². The molecule has 35 heavy (non-hydrogen) atoms. The summed E-state index contributed by atoms with van der Waals surface area (Å²) in [6, 6.07) is 8.65. The van der Waals surface area contributed by atoms with Gasteiger partial charge < -0.3 is 4.90 Å². The highest BCUT2D eigenvalue weighted by molar-refractivity contribution is 7.89. The molecule has 1 aromatic carbocycles. The fourth-order valence-corrected chi connectivity index (χ4v) is 6.45. The van der Waals surface area contributed by atoms with E-state index in [1.54, 1.807) is 4.31 Å². The van der Waals surface area contributed by atoms with Gasteiger partial charge in [-0.25, -0.2) is 22.7 Å². The Morgan fingerprint density at radius 2 is 1.57 bits per heavy atom. The average molecular weight is 501 g/mol. The summed E-state index contributed by atoms with van der Waals surface area (Å²) < 4.78 is 27.8. The largest absolute Gasteiger partial charge is 0.355 e. The van der Waals surface area contributed by atoms with Gasteiger partial charge in [0.25, 0.3) is 0 Å². The number of rotatable bonds is 12. The predicted molar refractivity (Wildman–Crippen MR) is 146 cm³/mol. The minimum Gasteiger partial charge on any atom is -0.355 e. The van der Waals surface area contributed by atoms with E-state index in [9.17, 15) is 8.42 Å². The third-order valence-electron chi connectivity index (χ3n) is 6.92. The molecular weight excluding hydrogens is 456 g/mol. The molecule has 0 saturated carbocycles. The van der Waals surface area contributed by atoms with E-state index in [2.05, 4.69) is 49.9 Å². The van der Waals surface area contributed by atoms with Gasteiger partial charge in [0.15, 0.2) is 0 Å². The van der Waals surface area contributed by atoms with Crippen LogP contribution in [0.3, 0.4) is 0 Å². The number of unbranched alkanes of at least 4 members (excludes halogenated alkanes) is 5. The fourth-order valence-electron chi connectivity index (χ4n) is 4.86. The lowest BCUT2D eigenvalue weighted by atomic mass is 10.0. The number of hydrogen-bond donors (Lipinski definition) is 0. The molecule has 2 heterocycles. The minimum absolute atomic E-state index is 0.268. The molecule has 2 aromatic rings. The van der Waals surface area contributed by atoms with Gasteiger partial charge in [-0.15, -0.1) is 0 Å². The zero-order chi connectivity index (χ0) is 25.3. The summed E-state index contributed by atoms with van der Waals surface area (Å²) >= 11 is 0. The summed E-state index contributed by atoms with van der Waals surface area (Å²) in [6.45, 7) is 11.0. The lowest BCUT2D eigenvalue weighted by Gasteiger charge is -2.26. The molecule has 0 spiro atoms. The van der Waals surface area contributed by atoms with Crippen LogP contribution in [0, 0.1) is 13.8 Å². The van der Waals surface area contributed by atoms with Crippen LogP contribution in [-0.4, -0.2) is 54.6 Å². The van der Waals surface area contributed by atoms with E-state index in [1.165, 1.54) is 36.0 Å². The van der Waals surface area contributed by atoms with Gasteiger partial charge in [-0.1, -0.05) is 75.8 Å². The van der Waals surface area contributed by atoms with Crippen molar-refractivity contribution >= 4 is 15.8 Å². The van der Waals surface area contributed by atoms with Gasteiger partial charge in [0.2, 0.25) is 10.0 Å². The van der Waals surface area contributed by atoms with E-state index in [-0.39, 0.29) is 5.75 Å². The standard InChI is InChI=1S/C28H44N4O2S/c1-5-7-8-9-10-11-21-35(33,34)32-18-12-17-31(19-20-32)28-26(27(6-2)29-24(4)30-28)22-25-15-13-23(3)14-16-25/h13-16H,5-12,17-22H2,1-4H3. The van der Waals surface area contributed by atoms with Crippen molar-refractivity contribution in [3.05, 3.63) is 52.5 Å². The Kier molecular flexibility index (Phi) is 10.5. The number of sulfonamides is 1. The first-order valence-electron chi connectivity index (χ1n) is 13.5. The summed E-state index contributed by atoms with van der Waals surface area (Å²) in [5.74, 6) is 2.02. The van der Waals surface area contributed by atoms with Gasteiger partial charge in [0.1, 0.15) is 11.6 Å². The Morgan fingerprint density at radius 1 is 0.857 bits per heavy atom. The van der Waals surface area contributed by atoms with Crippen LogP contribution in [-0.2, 0) is 22.9 Å². The summed E-state index contributed by atoms with van der Waals surface area (Å²) in [4.78, 5) is 11.9. The maximum absolute atomic E-state index is 13.0. The molecule has 1 aromatic heterocycles. The summed E-state index contributed by atoms with van der Waals surface area (Å²) in [6.07, 6.45) is 9.00. The fraction of sp³-hybridized carbons (Fsp3) is 0.643. The van der Waals surface area contributed by atoms with Gasteiger partial charge >= 0.3 is 0 Å². The zero-order valence-electron chi connectivity index (χ0n) is 22.2. The molecular formula is C28H44N4O2S. The molecule has 1 saturated heterocycles. The van der Waals surface area contributed by atoms with Gasteiger partial charge in [0, 0.05) is 43.9 Å². The molecule has 6 nitrogen and oxygen atoms in total. The Balaban J connectivity index is 1.71. The number of anilines is 1. The molecule has 3 rings (SSSR count). The number of aromatic nitrogens is 2. The molecule has 0 radical (unpaired) electrons. The third-order valence-corrected chi connectivity index (χ3v) is 8.88. The first kappa shape index (κ1) is 27.6. The van der Waals surface area contributed by atoms with Crippen LogP contribution < -0.4 is 4.90 Å². The highest BCUT2D eigenvalue weighted by Crippen LogP contribution is 2.26. The molecule has 0 unspecified atom stereocenters. The minimum atomic E-state index is -3.21. The van der Waals surface area contributed by atoms with E-state index < -0.39 is 10.0 Å². The van der Waals surface area contributed by atoms with Crippen molar-refractivity contribution in [1.29, 1.82) is 0 Å². The first-order chi connectivity index (χ1) is 16.8. The van der Waals surface area contributed by atoms with Crippen LogP contribution in [0.2, 0.25) is 0 Å². The third kappa shape index (κ3) is 8.01. The molecule has 1 aliphatic heterocycles. The second-order valence-electron chi connectivity index (χ2n) is 9.86. The molecule has 194 valence electrons. The lowest BCUT2D eigenvalue weighted by molar-refractivity contribution is 0.431. The molecule has 0 N–H and O–H groups in total. The smallest absolute Gasteiger partial charge is 0.214 e. The van der Waals surface area contributed by atoms with Crippen molar-refractivity contribution in [2.75, 3.05) is 36.8 Å². The number of nitrogens with zero attached hydrogens (tertiary/aromatic N) is 4. The molecule has 0 aliphatic carbocycles. The van der Waals surface area contributed by atoms with Gasteiger partial charge in [-0.3, -0.25) is 0 Å². The number of aryl methyl sites for hydroxylation is 3. The maximum atomic E-state index is 13.0. The van der Waals surface area contributed by atoms with Gasteiger partial charge in [0.05, 0.1) is 5.75 Å². The molecule has 7 heteroatoms. The van der Waals surface area contributed by atoms with Crippen LogP contribution in [0.4, 0.5) is 5.82 Å². The van der Waals surface area contributed by atoms with Crippen molar-refractivity contribution in [3.63, 3.8) is 0 Å². The molecule has 1 aliphatic rings. The first-order valence-corrected chi connectivity index (χ1v) is 15.1. The van der Waals surface area contributed by atoms with Crippen LogP contribution >= 0.6 is 0 Å². The Labute approximate surface area is 213 Å². The summed E-state index contributed by atoms with van der Waals surface area (Å²) in [7, 11) is -3.21. The van der Waals surface area contributed by atoms with E-state index in [0.29, 0.717) is 19.6 Å². The Hall–Kier alpha value is -1.99. The maximum Gasteiger partial charge on any atom is 0.214 e. The average Bonchev–Trinajstić information content (AvgIpc) is 3.10. The zero-order valence-corrected chi connectivity index (χ0v) is 23.0. The summed E-state index contributed by atoms with van der Waals surface area (Å²) in [5.41, 5.74) is 4.76. The second kappa shape index (κ2) is 13.4. The van der Waals surface area contributed by atoms with E-state index in [0.717, 1.165) is 62.4 Å². The van der Waals surface area contributed by atoms with Crippen LogP contribution in [0.5, 0.6) is 0 Å². The van der Waals surface area contributed by atoms with Crippen molar-refractivity contribution in [1.82, 2.24) is 14.3 Å². The molecule has 0 bridgehead atoms. The van der Waals surface area contributed by atoms with Crippen LogP contribution in [0.1, 0.15) is 87.0 Å². The summed E-state index contributed by atoms with van der Waals surface area (Å²) in [5, 5.41) is 0. The number of benzene rings is 1. The predicted octanol–water partition coefficient (Wildman–Crippen LogP) is 5.45. The lowest BCUT2D eigenvalue weighted by Crippen LogP contribution is -2.37. The number of hydrogen-bond acceptors (Lipinski definition) is 5. The van der Waals surface area contributed by atoms with Crippen LogP contribution in [0.25, 0.3) is 0 Å². The normalized spacial score (nSPS) is 15.4. The monoisotopic (exact) mass is 500 g/mol.